The van der Waals surface area contributed by atoms with Crippen LogP contribution in [0.2, 0.25) is 0 Å². The van der Waals surface area contributed by atoms with E-state index in [9.17, 15) is 23.6 Å². The molecule has 2 aromatic carbocycles. The summed E-state index contributed by atoms with van der Waals surface area (Å²) in [4.78, 5) is 27.6. The molecule has 4 rings (SSSR count). The Morgan fingerprint density at radius 2 is 1.81 bits per heavy atom. The number of carbonyl (C=O) groups excluding carboxylic acids is 1. The third-order valence-electron chi connectivity index (χ3n) is 6.69. The largest absolute Gasteiger partial charge is 0.487 e. The van der Waals surface area contributed by atoms with Crippen molar-refractivity contribution in [2.24, 2.45) is 12.8 Å². The number of aromatic nitrogens is 1. The number of carbonyl (C=O) groups is 1. The lowest BCUT2D eigenvalue weighted by Gasteiger charge is -2.35. The zero-order chi connectivity index (χ0) is 26.9. The maximum atomic E-state index is 14.0. The van der Waals surface area contributed by atoms with Gasteiger partial charge in [0.2, 0.25) is 0 Å². The molecule has 0 atom stereocenters. The molecular formula is C28H28F2N4O3. The number of pyridine rings is 1. The van der Waals surface area contributed by atoms with Gasteiger partial charge in [-0.05, 0) is 42.3 Å². The van der Waals surface area contributed by atoms with Crippen molar-refractivity contribution in [3.63, 3.8) is 0 Å². The van der Waals surface area contributed by atoms with Crippen molar-refractivity contribution in [3.05, 3.63) is 81.3 Å². The van der Waals surface area contributed by atoms with Crippen LogP contribution in [0, 0.1) is 23.0 Å². The molecular weight excluding hydrogens is 478 g/mol. The Labute approximate surface area is 213 Å². The molecule has 0 spiro atoms. The fourth-order valence-corrected chi connectivity index (χ4v) is 4.78. The summed E-state index contributed by atoms with van der Waals surface area (Å²) in [7, 11) is 1.61. The minimum atomic E-state index is -0.840. The fourth-order valence-electron chi connectivity index (χ4n) is 4.78. The van der Waals surface area contributed by atoms with E-state index in [1.54, 1.807) is 31.3 Å². The van der Waals surface area contributed by atoms with E-state index in [0.29, 0.717) is 42.6 Å². The van der Waals surface area contributed by atoms with Gasteiger partial charge in [-0.3, -0.25) is 9.59 Å². The average Bonchev–Trinajstić information content (AvgIpc) is 2.87. The van der Waals surface area contributed by atoms with Crippen molar-refractivity contribution in [1.29, 1.82) is 5.26 Å². The van der Waals surface area contributed by atoms with Gasteiger partial charge in [0, 0.05) is 61.6 Å². The molecule has 2 N–H and O–H groups in total. The van der Waals surface area contributed by atoms with Crippen molar-refractivity contribution in [3.8, 4) is 22.9 Å². The van der Waals surface area contributed by atoms with Crippen LogP contribution in [0.4, 0.5) is 14.5 Å². The highest BCUT2D eigenvalue weighted by atomic mass is 19.1. The second-order valence-electron chi connectivity index (χ2n) is 9.46. The van der Waals surface area contributed by atoms with Crippen molar-refractivity contribution >= 4 is 11.6 Å². The Balaban J connectivity index is 1.71. The van der Waals surface area contributed by atoms with Gasteiger partial charge < -0.3 is 19.9 Å². The molecule has 0 aliphatic carbocycles. The number of nitriles is 1. The summed E-state index contributed by atoms with van der Waals surface area (Å²) in [5.41, 5.74) is 7.85. The van der Waals surface area contributed by atoms with E-state index in [1.165, 1.54) is 10.6 Å². The Morgan fingerprint density at radius 1 is 1.11 bits per heavy atom. The minimum absolute atomic E-state index is 0.000673. The molecule has 37 heavy (non-hydrogen) atoms. The van der Waals surface area contributed by atoms with Crippen LogP contribution in [0.1, 0.15) is 54.2 Å². The summed E-state index contributed by atoms with van der Waals surface area (Å²) in [6, 6.07) is 12.3. The Morgan fingerprint density at radius 3 is 2.41 bits per heavy atom. The highest BCUT2D eigenvalue weighted by Crippen LogP contribution is 2.36. The van der Waals surface area contributed by atoms with E-state index in [4.69, 9.17) is 10.5 Å². The van der Waals surface area contributed by atoms with E-state index in [2.05, 4.69) is 11.0 Å². The van der Waals surface area contributed by atoms with Crippen LogP contribution in [-0.4, -0.2) is 29.7 Å². The predicted molar refractivity (Wildman–Crippen MR) is 137 cm³/mol. The number of anilines is 1. The summed E-state index contributed by atoms with van der Waals surface area (Å²) in [5.74, 6) is -2.25. The zero-order valence-corrected chi connectivity index (χ0v) is 20.9. The summed E-state index contributed by atoms with van der Waals surface area (Å²) in [6.45, 7) is 4.98. The van der Waals surface area contributed by atoms with Crippen molar-refractivity contribution in [1.82, 2.24) is 4.57 Å². The molecule has 1 aliphatic heterocycles. The molecule has 192 valence electrons. The van der Waals surface area contributed by atoms with Crippen LogP contribution in [0.25, 0.3) is 11.1 Å². The van der Waals surface area contributed by atoms with E-state index in [-0.39, 0.29) is 23.3 Å². The van der Waals surface area contributed by atoms with Crippen LogP contribution in [0.3, 0.4) is 0 Å². The van der Waals surface area contributed by atoms with Gasteiger partial charge in [0.25, 0.3) is 11.5 Å². The van der Waals surface area contributed by atoms with Crippen LogP contribution in [-0.2, 0) is 7.05 Å². The topological polar surface area (TPSA) is 101 Å². The molecule has 1 saturated heterocycles. The number of halogens is 2. The monoisotopic (exact) mass is 506 g/mol. The Bertz CT molecular complexity index is 1450. The molecule has 0 bridgehead atoms. The van der Waals surface area contributed by atoms with Gasteiger partial charge in [-0.15, -0.1) is 0 Å². The Kier molecular flexibility index (Phi) is 7.30. The molecule has 0 saturated carbocycles. The number of primary amides is 1. The van der Waals surface area contributed by atoms with E-state index < -0.39 is 23.1 Å². The summed E-state index contributed by atoms with van der Waals surface area (Å²) >= 11 is 0. The summed E-state index contributed by atoms with van der Waals surface area (Å²) in [6.07, 6.45) is 0.857. The number of hydrogen-bond donors (Lipinski definition) is 1. The number of nitrogens with two attached hydrogens (primary N) is 1. The first-order valence-electron chi connectivity index (χ1n) is 12.1. The number of ether oxygens (including phenoxy) is 1. The first-order chi connectivity index (χ1) is 17.6. The molecule has 1 fully saturated rings. The zero-order valence-electron chi connectivity index (χ0n) is 20.9. The number of amides is 1. The molecule has 1 amide bonds. The third kappa shape index (κ3) is 5.19. The van der Waals surface area contributed by atoms with Crippen molar-refractivity contribution < 1.29 is 18.3 Å². The minimum Gasteiger partial charge on any atom is -0.487 e. The van der Waals surface area contributed by atoms with Crippen LogP contribution in [0.15, 0.2) is 47.3 Å². The van der Waals surface area contributed by atoms with Crippen molar-refractivity contribution in [2.45, 2.75) is 38.7 Å². The second-order valence-corrected chi connectivity index (χ2v) is 9.46. The lowest BCUT2D eigenvalue weighted by Crippen LogP contribution is -2.38. The standard InChI is InChI=1S/C28H28F2N4O3/c1-16(2)24-14-21(26(27(32)35)28(36)33(24)3)20-12-17(15-31)4-6-23(20)34-10-8-19(9-11-34)37-25-7-5-18(29)13-22(25)30/h4-7,12-14,16,19H,8-11H2,1-3H3,(H2,32,35). The van der Waals surface area contributed by atoms with Crippen LogP contribution < -0.4 is 20.9 Å². The van der Waals surface area contributed by atoms with Gasteiger partial charge in [-0.2, -0.15) is 5.26 Å². The van der Waals surface area contributed by atoms with Gasteiger partial charge in [0.15, 0.2) is 11.6 Å². The first-order valence-corrected chi connectivity index (χ1v) is 12.1. The predicted octanol–water partition coefficient (Wildman–Crippen LogP) is 4.47. The maximum absolute atomic E-state index is 14.0. The lowest BCUT2D eigenvalue weighted by molar-refractivity contribution is 0.0999. The second kappa shape index (κ2) is 10.4. The number of benzene rings is 2. The number of hydrogen-bond acceptors (Lipinski definition) is 5. The highest BCUT2D eigenvalue weighted by molar-refractivity contribution is 6.01. The number of rotatable bonds is 6. The number of piperidine rings is 1. The first kappa shape index (κ1) is 25.9. The lowest BCUT2D eigenvalue weighted by atomic mass is 9.93. The SMILES string of the molecule is CC(C)c1cc(-c2cc(C#N)ccc2N2CCC(Oc3ccc(F)cc3F)CC2)c(C(N)=O)c(=O)n1C. The molecule has 9 heteroatoms. The maximum Gasteiger partial charge on any atom is 0.263 e. The molecule has 3 aromatic rings. The molecule has 1 aromatic heterocycles. The number of nitrogens with zero attached hydrogens (tertiary/aromatic N) is 3. The van der Waals surface area contributed by atoms with E-state index in [1.807, 2.05) is 13.8 Å². The third-order valence-corrected chi connectivity index (χ3v) is 6.69. The van der Waals surface area contributed by atoms with Gasteiger partial charge in [-0.25, -0.2) is 8.78 Å². The highest BCUT2D eigenvalue weighted by Gasteiger charge is 2.27. The molecule has 1 aliphatic rings. The van der Waals surface area contributed by atoms with E-state index >= 15 is 0 Å². The van der Waals surface area contributed by atoms with Crippen molar-refractivity contribution in [2.75, 3.05) is 18.0 Å². The quantitative estimate of drug-likeness (QED) is 0.532. The molecule has 2 heterocycles. The van der Waals surface area contributed by atoms with Crippen LogP contribution >= 0.6 is 0 Å². The summed E-state index contributed by atoms with van der Waals surface area (Å²) in [5, 5.41) is 9.55. The smallest absolute Gasteiger partial charge is 0.263 e. The Hall–Kier alpha value is -4.19. The average molecular weight is 507 g/mol. The normalized spacial score (nSPS) is 14.0. The van der Waals surface area contributed by atoms with Gasteiger partial charge in [0.1, 0.15) is 17.5 Å². The van der Waals surface area contributed by atoms with E-state index in [0.717, 1.165) is 23.5 Å². The van der Waals surface area contributed by atoms with Crippen LogP contribution in [0.5, 0.6) is 5.75 Å². The molecule has 0 radical (unpaired) electrons. The molecule has 0 unspecified atom stereocenters. The van der Waals surface area contributed by atoms with Gasteiger partial charge in [0.05, 0.1) is 11.6 Å². The summed E-state index contributed by atoms with van der Waals surface area (Å²) < 4.78 is 34.5. The fraction of sp³-hybridized carbons (Fsp3) is 0.321. The van der Waals surface area contributed by atoms with Gasteiger partial charge >= 0.3 is 0 Å². The van der Waals surface area contributed by atoms with Gasteiger partial charge in [-0.1, -0.05) is 13.8 Å². The molecule has 7 nitrogen and oxygen atoms in total.